The normalized spacial score (nSPS) is 19.8. The number of imide groups is 1. The summed E-state index contributed by atoms with van der Waals surface area (Å²) >= 11 is 8.17. The zero-order valence-electron chi connectivity index (χ0n) is 20.4. The number of carbonyl (C=O) groups excluding carboxylic acids is 3. The van der Waals surface area contributed by atoms with Gasteiger partial charge in [-0.15, -0.1) is 0 Å². The summed E-state index contributed by atoms with van der Waals surface area (Å²) in [6.45, 7) is -0.357. The van der Waals surface area contributed by atoms with Crippen molar-refractivity contribution < 1.29 is 23.5 Å². The van der Waals surface area contributed by atoms with Crippen LogP contribution in [-0.2, 0) is 14.4 Å². The Bertz CT molecular complexity index is 1690. The Morgan fingerprint density at radius 2 is 1.73 bits per heavy atom. The molecule has 40 heavy (non-hydrogen) atoms. The maximum absolute atomic E-state index is 13.9. The van der Waals surface area contributed by atoms with Gasteiger partial charge in [0.05, 0.1) is 16.6 Å². The third-order valence-corrected chi connectivity index (χ3v) is 9.30. The number of benzene rings is 3. The molecular weight excluding hydrogens is 577 g/mol. The van der Waals surface area contributed by atoms with E-state index in [-0.39, 0.29) is 17.4 Å². The first-order chi connectivity index (χ1) is 19.3. The van der Waals surface area contributed by atoms with Crippen LogP contribution >= 0.6 is 34.7 Å². The first-order valence-corrected chi connectivity index (χ1v) is 14.2. The average Bonchev–Trinajstić information content (AvgIpc) is 3.44. The molecule has 0 bridgehead atoms. The van der Waals surface area contributed by atoms with Crippen molar-refractivity contribution in [2.45, 2.75) is 16.2 Å². The van der Waals surface area contributed by atoms with Gasteiger partial charge in [0.15, 0.2) is 6.61 Å². The van der Waals surface area contributed by atoms with Gasteiger partial charge >= 0.3 is 4.87 Å². The molecule has 0 aliphatic carbocycles. The van der Waals surface area contributed by atoms with Crippen molar-refractivity contribution in [3.63, 3.8) is 0 Å². The van der Waals surface area contributed by atoms with Crippen molar-refractivity contribution in [2.24, 2.45) is 5.92 Å². The van der Waals surface area contributed by atoms with E-state index in [2.05, 4.69) is 10.3 Å². The van der Waals surface area contributed by atoms with Crippen molar-refractivity contribution in [3.8, 4) is 5.75 Å². The fourth-order valence-corrected chi connectivity index (χ4v) is 7.57. The molecule has 202 valence electrons. The topological polar surface area (TPSA) is 109 Å². The molecule has 2 N–H and O–H groups in total. The van der Waals surface area contributed by atoms with Crippen LogP contribution in [-0.4, -0.2) is 34.6 Å². The second kappa shape index (κ2) is 10.6. The van der Waals surface area contributed by atoms with E-state index in [1.54, 1.807) is 48.5 Å². The number of thiazole rings is 1. The van der Waals surface area contributed by atoms with Crippen molar-refractivity contribution in [3.05, 3.63) is 104 Å². The quantitative estimate of drug-likeness (QED) is 0.302. The molecule has 3 amide bonds. The Morgan fingerprint density at radius 1 is 1.00 bits per heavy atom. The summed E-state index contributed by atoms with van der Waals surface area (Å²) in [5.74, 6) is -2.82. The van der Waals surface area contributed by atoms with Crippen molar-refractivity contribution in [1.29, 1.82) is 0 Å². The van der Waals surface area contributed by atoms with Crippen LogP contribution in [0.4, 0.5) is 15.8 Å². The summed E-state index contributed by atoms with van der Waals surface area (Å²) in [6, 6.07) is 18.7. The molecule has 1 aromatic heterocycles. The van der Waals surface area contributed by atoms with Gasteiger partial charge in [-0.3, -0.25) is 19.2 Å². The van der Waals surface area contributed by atoms with Crippen LogP contribution in [0.5, 0.6) is 5.75 Å². The van der Waals surface area contributed by atoms with Crippen molar-refractivity contribution in [2.75, 3.05) is 16.8 Å². The number of aromatic amines is 1. The summed E-state index contributed by atoms with van der Waals surface area (Å²) in [4.78, 5) is 56.7. The van der Waals surface area contributed by atoms with Gasteiger partial charge in [-0.2, -0.15) is 0 Å². The molecule has 2 aliphatic rings. The monoisotopic (exact) mass is 595 g/mol. The second-order valence-corrected chi connectivity index (χ2v) is 11.7. The number of nitrogens with one attached hydrogen (secondary N) is 2. The van der Waals surface area contributed by atoms with Crippen LogP contribution in [0.2, 0.25) is 5.02 Å². The van der Waals surface area contributed by atoms with Crippen LogP contribution in [0, 0.1) is 11.7 Å². The Hall–Kier alpha value is -3.93. The van der Waals surface area contributed by atoms with E-state index < -0.39 is 34.7 Å². The standard InChI is InChI=1S/C28H19ClFN3O5S2/c29-14-5-11-17(12-6-14)33-26(35)22-21(23-25(32-28(37)40-23)39-24(22)27(33)36)18-3-1-2-4-19(18)38-13-20(34)31-16-9-7-15(30)8-10-16/h1-12,21-22,24H,13H2,(H,31,34)(H,32,37). The largest absolute Gasteiger partial charge is 0.483 e. The number of rotatable bonds is 6. The smallest absolute Gasteiger partial charge is 0.305 e. The van der Waals surface area contributed by atoms with E-state index in [1.165, 1.54) is 40.9 Å². The SMILES string of the molecule is O=C(COc1ccccc1C1c2sc(=O)[nH]c2SC2C(=O)N(c3ccc(Cl)cc3)C(=O)C21)Nc1ccc(F)cc1. The Labute approximate surface area is 240 Å². The number of hydrogen-bond donors (Lipinski definition) is 2. The number of thioether (sulfide) groups is 1. The van der Waals surface area contributed by atoms with Crippen LogP contribution < -0.4 is 19.8 Å². The summed E-state index contributed by atoms with van der Waals surface area (Å²) in [5.41, 5.74) is 1.39. The number of carbonyl (C=O) groups is 3. The van der Waals surface area contributed by atoms with Gasteiger partial charge < -0.3 is 15.0 Å². The van der Waals surface area contributed by atoms with E-state index in [9.17, 15) is 23.6 Å². The van der Waals surface area contributed by atoms with E-state index >= 15 is 0 Å². The molecule has 1 saturated heterocycles. The zero-order chi connectivity index (χ0) is 28.0. The first-order valence-electron chi connectivity index (χ1n) is 12.1. The minimum atomic E-state index is -0.815. The second-order valence-electron chi connectivity index (χ2n) is 9.12. The summed E-state index contributed by atoms with van der Waals surface area (Å²) < 4.78 is 19.1. The molecule has 3 aromatic carbocycles. The molecule has 8 nitrogen and oxygen atoms in total. The molecule has 4 aromatic rings. The van der Waals surface area contributed by atoms with Crippen molar-refractivity contribution >= 4 is 63.8 Å². The van der Waals surface area contributed by atoms with Gasteiger partial charge in [-0.25, -0.2) is 9.29 Å². The van der Waals surface area contributed by atoms with Gasteiger partial charge in [-0.1, -0.05) is 52.9 Å². The highest BCUT2D eigenvalue weighted by Gasteiger charge is 2.56. The Morgan fingerprint density at radius 3 is 2.48 bits per heavy atom. The lowest BCUT2D eigenvalue weighted by molar-refractivity contribution is -0.122. The number of fused-ring (bicyclic) bond motifs is 2. The first kappa shape index (κ1) is 26.3. The number of para-hydroxylation sites is 1. The predicted molar refractivity (Wildman–Crippen MR) is 151 cm³/mol. The van der Waals surface area contributed by atoms with Gasteiger partial charge in [0.2, 0.25) is 11.8 Å². The molecule has 0 radical (unpaired) electrons. The summed E-state index contributed by atoms with van der Waals surface area (Å²) in [5, 5.41) is 2.87. The fraction of sp³-hybridized carbons (Fsp3) is 0.143. The van der Waals surface area contributed by atoms with Gasteiger partial charge in [0.25, 0.3) is 5.91 Å². The third kappa shape index (κ3) is 4.80. The highest BCUT2D eigenvalue weighted by molar-refractivity contribution is 8.00. The number of aromatic nitrogens is 1. The number of H-pyrrole nitrogens is 1. The molecule has 3 unspecified atom stereocenters. The lowest BCUT2D eigenvalue weighted by Crippen LogP contribution is -2.32. The minimum Gasteiger partial charge on any atom is -0.483 e. The fourth-order valence-electron chi connectivity index (χ4n) is 4.94. The van der Waals surface area contributed by atoms with E-state index in [4.69, 9.17) is 16.3 Å². The number of nitrogens with zero attached hydrogens (tertiary/aromatic N) is 1. The summed E-state index contributed by atoms with van der Waals surface area (Å²) in [6.07, 6.45) is 0. The molecule has 2 aliphatic heterocycles. The van der Waals surface area contributed by atoms with Crippen molar-refractivity contribution in [1.82, 2.24) is 4.98 Å². The van der Waals surface area contributed by atoms with Gasteiger partial charge in [0.1, 0.15) is 16.8 Å². The number of amides is 3. The maximum Gasteiger partial charge on any atom is 0.305 e. The molecule has 12 heteroatoms. The maximum atomic E-state index is 13.9. The Balaban J connectivity index is 1.33. The lowest BCUT2D eigenvalue weighted by atomic mass is 9.82. The summed E-state index contributed by atoms with van der Waals surface area (Å²) in [7, 11) is 0. The van der Waals surface area contributed by atoms with E-state index in [0.29, 0.717) is 37.6 Å². The molecule has 3 atom stereocenters. The molecule has 6 rings (SSSR count). The van der Waals surface area contributed by atoms with Gasteiger partial charge in [-0.05, 0) is 54.6 Å². The third-order valence-electron chi connectivity index (χ3n) is 6.65. The Kier molecular flexibility index (Phi) is 6.95. The van der Waals surface area contributed by atoms with E-state index in [1.807, 2.05) is 0 Å². The van der Waals surface area contributed by atoms with Crippen LogP contribution in [0.25, 0.3) is 0 Å². The molecular formula is C28H19ClFN3O5S2. The van der Waals surface area contributed by atoms with E-state index in [0.717, 1.165) is 11.3 Å². The highest BCUT2D eigenvalue weighted by atomic mass is 35.5. The number of halogens is 2. The zero-order valence-corrected chi connectivity index (χ0v) is 22.8. The van der Waals surface area contributed by atoms with Crippen LogP contribution in [0.3, 0.4) is 0 Å². The molecule has 1 fully saturated rings. The molecule has 3 heterocycles. The molecule has 0 saturated carbocycles. The number of anilines is 2. The molecule has 0 spiro atoms. The minimum absolute atomic E-state index is 0.297. The van der Waals surface area contributed by atoms with Crippen LogP contribution in [0.1, 0.15) is 16.4 Å². The number of ether oxygens (including phenoxy) is 1. The van der Waals surface area contributed by atoms with Crippen LogP contribution in [0.15, 0.2) is 82.6 Å². The number of hydrogen-bond acceptors (Lipinski definition) is 7. The van der Waals surface area contributed by atoms with Gasteiger partial charge in [0, 0.05) is 27.1 Å². The predicted octanol–water partition coefficient (Wildman–Crippen LogP) is 5.04. The lowest BCUT2D eigenvalue weighted by Gasteiger charge is -2.30. The average molecular weight is 596 g/mol. The highest BCUT2D eigenvalue weighted by Crippen LogP contribution is 2.54.